The molecule has 0 aromatic heterocycles. The number of rotatable bonds is 4. The highest BCUT2D eigenvalue weighted by Gasteiger charge is 2.37. The molecule has 1 saturated carbocycles. The van der Waals surface area contributed by atoms with Crippen LogP contribution in [0, 0.1) is 11.7 Å². The summed E-state index contributed by atoms with van der Waals surface area (Å²) in [5, 5.41) is 2.72. The lowest BCUT2D eigenvalue weighted by Gasteiger charge is -2.24. The summed E-state index contributed by atoms with van der Waals surface area (Å²) >= 11 is 0. The Balaban J connectivity index is 1.62. The molecule has 1 heterocycles. The van der Waals surface area contributed by atoms with Gasteiger partial charge in [0.15, 0.2) is 0 Å². The van der Waals surface area contributed by atoms with Gasteiger partial charge in [-0.3, -0.25) is 19.3 Å². The van der Waals surface area contributed by atoms with Crippen molar-refractivity contribution in [2.75, 3.05) is 13.1 Å². The molecule has 1 aromatic carbocycles. The number of hydrogen-bond donors (Lipinski definition) is 1. The van der Waals surface area contributed by atoms with Crippen molar-refractivity contribution in [2.45, 2.75) is 19.3 Å². The SMILES string of the molecule is O=C(NCCN1C(=O)c2cccc(F)c2C1=O)C1CCC1. The Hall–Kier alpha value is -2.24. The predicted molar refractivity (Wildman–Crippen MR) is 72.1 cm³/mol. The highest BCUT2D eigenvalue weighted by Crippen LogP contribution is 2.26. The molecule has 3 amide bonds. The third kappa shape index (κ3) is 2.30. The van der Waals surface area contributed by atoms with E-state index in [0.717, 1.165) is 30.2 Å². The van der Waals surface area contributed by atoms with E-state index in [9.17, 15) is 18.8 Å². The van der Waals surface area contributed by atoms with E-state index in [4.69, 9.17) is 0 Å². The number of hydrogen-bond acceptors (Lipinski definition) is 3. The van der Waals surface area contributed by atoms with Crippen LogP contribution in [0.1, 0.15) is 40.0 Å². The first kappa shape index (κ1) is 13.7. The van der Waals surface area contributed by atoms with E-state index in [1.54, 1.807) is 0 Å². The molecule has 5 nitrogen and oxygen atoms in total. The maximum absolute atomic E-state index is 13.6. The van der Waals surface area contributed by atoms with E-state index in [1.165, 1.54) is 12.1 Å². The molecule has 0 radical (unpaired) electrons. The van der Waals surface area contributed by atoms with Crippen LogP contribution in [0.2, 0.25) is 0 Å². The van der Waals surface area contributed by atoms with Gasteiger partial charge in [-0.25, -0.2) is 4.39 Å². The minimum absolute atomic E-state index is 0.0379. The number of benzene rings is 1. The lowest BCUT2D eigenvalue weighted by atomic mass is 9.85. The number of amides is 3. The van der Waals surface area contributed by atoms with Gasteiger partial charge in [0.05, 0.1) is 11.1 Å². The molecule has 2 aliphatic rings. The van der Waals surface area contributed by atoms with E-state index in [0.29, 0.717) is 0 Å². The van der Waals surface area contributed by atoms with Crippen LogP contribution in [0.5, 0.6) is 0 Å². The summed E-state index contributed by atoms with van der Waals surface area (Å²) < 4.78 is 13.6. The van der Waals surface area contributed by atoms with Crippen LogP contribution >= 0.6 is 0 Å². The van der Waals surface area contributed by atoms with Gasteiger partial charge in [-0.05, 0) is 25.0 Å². The Morgan fingerprint density at radius 2 is 2.05 bits per heavy atom. The number of carbonyl (C=O) groups excluding carboxylic acids is 3. The van der Waals surface area contributed by atoms with Crippen LogP contribution in [0.4, 0.5) is 4.39 Å². The van der Waals surface area contributed by atoms with Crippen LogP contribution in [0.15, 0.2) is 18.2 Å². The van der Waals surface area contributed by atoms with Crippen LogP contribution < -0.4 is 5.32 Å². The molecule has 0 saturated heterocycles. The fourth-order valence-electron chi connectivity index (χ4n) is 2.60. The summed E-state index contributed by atoms with van der Waals surface area (Å²) in [5.41, 5.74) is -0.0851. The van der Waals surface area contributed by atoms with E-state index < -0.39 is 17.6 Å². The van der Waals surface area contributed by atoms with Crippen molar-refractivity contribution in [3.05, 3.63) is 35.1 Å². The van der Waals surface area contributed by atoms with Crippen LogP contribution in [0.25, 0.3) is 0 Å². The summed E-state index contributed by atoms with van der Waals surface area (Å²) in [6, 6.07) is 4.00. The molecular formula is C15H15FN2O3. The monoisotopic (exact) mass is 290 g/mol. The molecule has 6 heteroatoms. The van der Waals surface area contributed by atoms with Crippen molar-refractivity contribution >= 4 is 17.7 Å². The van der Waals surface area contributed by atoms with Crippen molar-refractivity contribution in [3.8, 4) is 0 Å². The Morgan fingerprint density at radius 3 is 2.67 bits per heavy atom. The molecular weight excluding hydrogens is 275 g/mol. The Labute approximate surface area is 121 Å². The number of imide groups is 1. The summed E-state index contributed by atoms with van der Waals surface area (Å²) in [7, 11) is 0. The third-order valence-electron chi connectivity index (χ3n) is 4.06. The van der Waals surface area contributed by atoms with Gasteiger partial charge in [0.2, 0.25) is 5.91 Å². The molecule has 1 aliphatic heterocycles. The highest BCUT2D eigenvalue weighted by molar-refractivity contribution is 6.21. The maximum atomic E-state index is 13.6. The first-order valence-electron chi connectivity index (χ1n) is 7.02. The van der Waals surface area contributed by atoms with Gasteiger partial charge in [0, 0.05) is 19.0 Å². The number of carbonyl (C=O) groups is 3. The van der Waals surface area contributed by atoms with Crippen molar-refractivity contribution in [2.24, 2.45) is 5.92 Å². The van der Waals surface area contributed by atoms with Crippen molar-refractivity contribution in [1.29, 1.82) is 0 Å². The lowest BCUT2D eigenvalue weighted by Crippen LogP contribution is -2.41. The molecule has 0 unspecified atom stereocenters. The normalized spacial score (nSPS) is 17.7. The summed E-state index contributed by atoms with van der Waals surface area (Å²) in [6.45, 7) is 0.257. The molecule has 3 rings (SSSR count). The second-order valence-electron chi connectivity index (χ2n) is 5.34. The number of nitrogens with one attached hydrogen (secondary N) is 1. The molecule has 1 aromatic rings. The first-order valence-corrected chi connectivity index (χ1v) is 7.02. The molecule has 0 atom stereocenters. The average Bonchev–Trinajstić information content (AvgIpc) is 2.63. The fraction of sp³-hybridized carbons (Fsp3) is 0.400. The molecule has 0 spiro atoms. The van der Waals surface area contributed by atoms with E-state index in [-0.39, 0.29) is 36.0 Å². The molecule has 1 N–H and O–H groups in total. The van der Waals surface area contributed by atoms with E-state index in [2.05, 4.69) is 5.32 Å². The summed E-state index contributed by atoms with van der Waals surface area (Å²) in [6.07, 6.45) is 2.85. The standard InChI is InChI=1S/C15H15FN2O3/c16-11-6-2-5-10-12(11)15(21)18(14(10)20)8-7-17-13(19)9-3-1-4-9/h2,5-6,9H,1,3-4,7-8H2,(H,17,19). The molecule has 1 fully saturated rings. The zero-order chi connectivity index (χ0) is 15.0. The van der Waals surface area contributed by atoms with E-state index >= 15 is 0 Å². The molecule has 110 valence electrons. The second-order valence-corrected chi connectivity index (χ2v) is 5.34. The predicted octanol–water partition coefficient (Wildman–Crippen LogP) is 1.34. The zero-order valence-corrected chi connectivity index (χ0v) is 11.4. The van der Waals surface area contributed by atoms with Gasteiger partial charge in [0.25, 0.3) is 11.8 Å². The number of halogens is 1. The Kier molecular flexibility index (Phi) is 3.45. The highest BCUT2D eigenvalue weighted by atomic mass is 19.1. The lowest BCUT2D eigenvalue weighted by molar-refractivity contribution is -0.127. The molecule has 21 heavy (non-hydrogen) atoms. The minimum atomic E-state index is -0.688. The largest absolute Gasteiger partial charge is 0.354 e. The average molecular weight is 290 g/mol. The topological polar surface area (TPSA) is 66.5 Å². The van der Waals surface area contributed by atoms with Gasteiger partial charge in [-0.2, -0.15) is 0 Å². The smallest absolute Gasteiger partial charge is 0.264 e. The van der Waals surface area contributed by atoms with Crippen molar-refractivity contribution in [1.82, 2.24) is 10.2 Å². The minimum Gasteiger partial charge on any atom is -0.354 e. The quantitative estimate of drug-likeness (QED) is 0.851. The van der Waals surface area contributed by atoms with Gasteiger partial charge < -0.3 is 5.32 Å². The Morgan fingerprint density at radius 1 is 1.29 bits per heavy atom. The maximum Gasteiger partial charge on any atom is 0.264 e. The van der Waals surface area contributed by atoms with Crippen molar-refractivity contribution in [3.63, 3.8) is 0 Å². The van der Waals surface area contributed by atoms with Crippen LogP contribution in [0.3, 0.4) is 0 Å². The van der Waals surface area contributed by atoms with Gasteiger partial charge >= 0.3 is 0 Å². The summed E-state index contributed by atoms with van der Waals surface area (Å²) in [4.78, 5) is 36.8. The van der Waals surface area contributed by atoms with Crippen molar-refractivity contribution < 1.29 is 18.8 Å². The second kappa shape index (κ2) is 5.27. The van der Waals surface area contributed by atoms with Gasteiger partial charge in [-0.1, -0.05) is 12.5 Å². The van der Waals surface area contributed by atoms with E-state index in [1.807, 2.05) is 0 Å². The fourth-order valence-corrected chi connectivity index (χ4v) is 2.60. The summed E-state index contributed by atoms with van der Waals surface area (Å²) in [5.74, 6) is -1.81. The number of fused-ring (bicyclic) bond motifs is 1. The number of nitrogens with zero attached hydrogens (tertiary/aromatic N) is 1. The first-order chi connectivity index (χ1) is 10.1. The van der Waals surface area contributed by atoms with Gasteiger partial charge in [-0.15, -0.1) is 0 Å². The van der Waals surface area contributed by atoms with Crippen LogP contribution in [-0.2, 0) is 4.79 Å². The third-order valence-corrected chi connectivity index (χ3v) is 4.06. The zero-order valence-electron chi connectivity index (χ0n) is 11.4. The molecule has 1 aliphatic carbocycles. The Bertz CT molecular complexity index is 625. The molecule has 0 bridgehead atoms. The van der Waals surface area contributed by atoms with Crippen LogP contribution in [-0.4, -0.2) is 35.7 Å². The van der Waals surface area contributed by atoms with Gasteiger partial charge in [0.1, 0.15) is 5.82 Å².